The standard InChI is InChI=1S/C66H132O12Si5/c1-33-34-35-52(67)55(77-82(29,30)64(15,16)17)40-37-50(74-79(23,24)61(6,7)8)44-51(75-80(25,26)62(9,10)11)38-41-56-59(69)58(73-66(21,22)72-56)43-46(2)42-48(4)53(68)45-57(78-83(31,32)65(18,19)20)47(3)36-39-54(49(5)60(70)71)76-81(27,28)63(12,13)14/h36,39,42,48-58,67-68H,3,33-35,37-38,40-41,43-45H2,1-2,4-32H3,(H,70,71)/b39-36+,46-42+/t48-,49-,50+,51-,52-,53+,54+,55-,56-,57+,58-/m1/s1. The van der Waals surface area contributed by atoms with Crippen molar-refractivity contribution in [1.82, 2.24) is 0 Å². The third-order valence-electron chi connectivity index (χ3n) is 20.0. The van der Waals surface area contributed by atoms with Crippen molar-refractivity contribution < 1.29 is 56.5 Å². The van der Waals surface area contributed by atoms with Crippen LogP contribution in [0.3, 0.4) is 0 Å². The molecule has 1 heterocycles. The molecule has 1 aliphatic rings. The largest absolute Gasteiger partial charge is 0.481 e. The first kappa shape index (κ1) is 80.1. The zero-order chi connectivity index (χ0) is 65.3. The molecular formula is C66H132O12Si5. The third-order valence-corrected chi connectivity index (χ3v) is 42.5. The molecule has 0 amide bonds. The minimum Gasteiger partial charge on any atom is -0.481 e. The molecule has 11 atom stereocenters. The Bertz CT molecular complexity index is 2100. The maximum atomic E-state index is 14.7. The molecule has 0 unspecified atom stereocenters. The maximum Gasteiger partial charge on any atom is 0.309 e. The van der Waals surface area contributed by atoms with E-state index in [1.807, 2.05) is 45.9 Å². The van der Waals surface area contributed by atoms with Crippen LogP contribution in [-0.2, 0) is 41.2 Å². The van der Waals surface area contributed by atoms with Crippen molar-refractivity contribution >= 4 is 53.3 Å². The summed E-state index contributed by atoms with van der Waals surface area (Å²) < 4.78 is 48.5. The lowest BCUT2D eigenvalue weighted by Gasteiger charge is -2.44. The van der Waals surface area contributed by atoms with Crippen LogP contribution >= 0.6 is 0 Å². The van der Waals surface area contributed by atoms with Gasteiger partial charge in [-0.05, 0) is 162 Å². The maximum absolute atomic E-state index is 14.7. The number of ketones is 1. The molecule has 488 valence electrons. The van der Waals surface area contributed by atoms with Crippen LogP contribution in [0.1, 0.15) is 210 Å². The van der Waals surface area contributed by atoms with Crippen molar-refractivity contribution in [3.63, 3.8) is 0 Å². The average molecular weight is 1260 g/mol. The molecule has 0 aromatic rings. The first-order valence-corrected chi connectivity index (χ1v) is 46.4. The van der Waals surface area contributed by atoms with Gasteiger partial charge in [0.15, 0.2) is 53.2 Å². The minimum atomic E-state index is -2.40. The van der Waals surface area contributed by atoms with Gasteiger partial charge in [0.2, 0.25) is 0 Å². The van der Waals surface area contributed by atoms with E-state index in [1.54, 1.807) is 6.92 Å². The molecule has 1 saturated heterocycles. The van der Waals surface area contributed by atoms with Crippen molar-refractivity contribution in [3.05, 3.63) is 36.0 Å². The Morgan fingerprint density at radius 1 is 0.627 bits per heavy atom. The first-order valence-electron chi connectivity index (χ1n) is 31.9. The topological polar surface area (TPSA) is 159 Å². The fraction of sp³-hybridized carbons (Fsp3) is 0.879. The SMILES string of the molecule is C=C(/C=C/[C@H](O[Si](C)(C)C(C)(C)C)[C@@H](C)C(=O)O)[C@H](C[C@H](O)[C@H](C)/C=C(\C)C[C@H]1OC(C)(C)O[C@H](CC[C@H](C[C@H](CC[C@@H](O[Si](C)(C)C(C)(C)C)[C@H](O)CCCC)O[Si](C)(C)C(C)(C)C)O[Si](C)(C)C(C)(C)C)C1=O)O[Si](C)(C)C(C)(C)C. The molecule has 0 aromatic carbocycles. The Labute approximate surface area is 515 Å². The number of unbranched alkanes of at least 4 members (excludes halogenated alkanes) is 1. The van der Waals surface area contributed by atoms with Gasteiger partial charge in [-0.3, -0.25) is 9.59 Å². The lowest BCUT2D eigenvalue weighted by atomic mass is 9.91. The van der Waals surface area contributed by atoms with Gasteiger partial charge in [0.05, 0.1) is 36.4 Å². The average Bonchev–Trinajstić information content (AvgIpc) is 3.33. The van der Waals surface area contributed by atoms with Crippen molar-refractivity contribution in [2.24, 2.45) is 11.8 Å². The molecule has 3 N–H and O–H groups in total. The lowest BCUT2D eigenvalue weighted by molar-refractivity contribution is -0.280. The van der Waals surface area contributed by atoms with Crippen molar-refractivity contribution in [1.29, 1.82) is 0 Å². The number of Topliss-reactive ketones (excluding diaryl/α,β-unsaturated/α-hetero) is 1. The summed E-state index contributed by atoms with van der Waals surface area (Å²) in [6.45, 7) is 71.7. The highest BCUT2D eigenvalue weighted by Crippen LogP contribution is 2.45. The number of carbonyl (C=O) groups excluding carboxylic acids is 1. The van der Waals surface area contributed by atoms with Crippen molar-refractivity contribution in [2.75, 3.05) is 0 Å². The van der Waals surface area contributed by atoms with Gasteiger partial charge in [-0.15, -0.1) is 0 Å². The number of ether oxygens (including phenoxy) is 2. The van der Waals surface area contributed by atoms with E-state index in [0.29, 0.717) is 50.5 Å². The summed E-state index contributed by atoms with van der Waals surface area (Å²) in [5.41, 5.74) is 1.56. The Morgan fingerprint density at radius 2 is 1.05 bits per heavy atom. The number of aliphatic carboxylic acids is 1. The number of carboxylic acids is 1. The third kappa shape index (κ3) is 25.1. The molecule has 1 rings (SSSR count). The fourth-order valence-corrected chi connectivity index (χ4v) is 15.8. The van der Waals surface area contributed by atoms with Gasteiger partial charge in [0.25, 0.3) is 0 Å². The normalized spacial score (nSPS) is 21.3. The highest BCUT2D eigenvalue weighted by atomic mass is 28.4. The van der Waals surface area contributed by atoms with Crippen molar-refractivity contribution in [2.45, 2.75) is 361 Å². The monoisotopic (exact) mass is 1260 g/mol. The van der Waals surface area contributed by atoms with Crippen LogP contribution in [0.4, 0.5) is 0 Å². The predicted octanol–water partition coefficient (Wildman–Crippen LogP) is 18.1. The number of aliphatic hydroxyl groups excluding tert-OH is 2. The summed E-state index contributed by atoms with van der Waals surface area (Å²) >= 11 is 0. The molecule has 0 aromatic heterocycles. The molecule has 1 fully saturated rings. The number of carboxylic acid groups (broad SMARTS) is 1. The molecule has 0 bridgehead atoms. The van der Waals surface area contributed by atoms with Crippen LogP contribution in [0.2, 0.25) is 90.7 Å². The first-order chi connectivity index (χ1) is 36.9. The van der Waals surface area contributed by atoms with Crippen molar-refractivity contribution in [3.8, 4) is 0 Å². The van der Waals surface area contributed by atoms with E-state index in [1.165, 1.54) is 0 Å². The van der Waals surface area contributed by atoms with Crippen LogP contribution < -0.4 is 0 Å². The number of rotatable bonds is 33. The second-order valence-electron chi connectivity index (χ2n) is 33.2. The summed E-state index contributed by atoms with van der Waals surface area (Å²) in [5.74, 6) is -3.18. The molecule has 1 aliphatic heterocycles. The van der Waals surface area contributed by atoms with Gasteiger partial charge >= 0.3 is 5.97 Å². The predicted molar refractivity (Wildman–Crippen MR) is 361 cm³/mol. The molecule has 83 heavy (non-hydrogen) atoms. The molecule has 17 heteroatoms. The quantitative estimate of drug-likeness (QED) is 0.0325. The van der Waals surface area contributed by atoms with Crippen LogP contribution in [0.25, 0.3) is 0 Å². The highest BCUT2D eigenvalue weighted by Gasteiger charge is 2.47. The second-order valence-corrected chi connectivity index (χ2v) is 57.0. The summed E-state index contributed by atoms with van der Waals surface area (Å²) in [5, 5.41) is 33.6. The number of hydrogen-bond donors (Lipinski definition) is 3. The fourth-order valence-electron chi connectivity index (χ4n) is 8.93. The van der Waals surface area contributed by atoms with E-state index < -0.39 is 95.9 Å². The van der Waals surface area contributed by atoms with Crippen LogP contribution in [0.5, 0.6) is 0 Å². The molecule has 0 spiro atoms. The molecule has 0 radical (unpaired) electrons. The van der Waals surface area contributed by atoms with E-state index >= 15 is 0 Å². The highest BCUT2D eigenvalue weighted by molar-refractivity contribution is 6.75. The smallest absolute Gasteiger partial charge is 0.309 e. The summed E-state index contributed by atoms with van der Waals surface area (Å²) in [7, 11) is -11.6. The summed E-state index contributed by atoms with van der Waals surface area (Å²) in [6.07, 6.45) is 7.20. The molecule has 0 aliphatic carbocycles. The zero-order valence-corrected chi connectivity index (χ0v) is 64.4. The van der Waals surface area contributed by atoms with Crippen LogP contribution in [0, 0.1) is 11.8 Å². The summed E-state index contributed by atoms with van der Waals surface area (Å²) in [6, 6.07) is 0. The van der Waals surface area contributed by atoms with Gasteiger partial charge in [-0.25, -0.2) is 0 Å². The summed E-state index contributed by atoms with van der Waals surface area (Å²) in [4.78, 5) is 27.1. The number of hydrogen-bond acceptors (Lipinski definition) is 11. The Morgan fingerprint density at radius 3 is 1.49 bits per heavy atom. The van der Waals surface area contributed by atoms with E-state index in [-0.39, 0.29) is 61.6 Å². The Kier molecular flexibility index (Phi) is 29.7. The van der Waals surface area contributed by atoms with E-state index in [9.17, 15) is 24.9 Å². The second kappa shape index (κ2) is 30.7. The zero-order valence-electron chi connectivity index (χ0n) is 59.4. The molecule has 12 nitrogen and oxygen atoms in total. The van der Waals surface area contributed by atoms with Crippen LogP contribution in [-0.4, -0.2) is 129 Å². The Balaban J connectivity index is 3.68. The molecular weight excluding hydrogens is 1130 g/mol. The van der Waals surface area contributed by atoms with E-state index in [2.05, 4.69) is 183 Å². The van der Waals surface area contributed by atoms with Gasteiger partial charge in [-0.2, -0.15) is 0 Å². The van der Waals surface area contributed by atoms with Gasteiger partial charge in [-0.1, -0.05) is 161 Å². The van der Waals surface area contributed by atoms with Gasteiger partial charge in [0, 0.05) is 31.0 Å². The van der Waals surface area contributed by atoms with E-state index in [4.69, 9.17) is 31.6 Å². The van der Waals surface area contributed by atoms with E-state index in [0.717, 1.165) is 18.4 Å². The van der Waals surface area contributed by atoms with Gasteiger partial charge in [0.1, 0.15) is 12.2 Å². The van der Waals surface area contributed by atoms with Gasteiger partial charge < -0.3 is 46.9 Å². The number of carbonyl (C=O) groups is 2. The van der Waals surface area contributed by atoms with Crippen LogP contribution in [0.15, 0.2) is 36.0 Å². The number of aliphatic hydroxyl groups is 2. The molecule has 0 saturated carbocycles. The Hall–Kier alpha value is -0.916. The lowest BCUT2D eigenvalue weighted by Crippen LogP contribution is -2.52. The minimum absolute atomic E-state index is 0.0127.